The number of carbonyl (C=O) groups is 2. The highest BCUT2D eigenvalue weighted by molar-refractivity contribution is 5.99. The fraction of sp³-hybridized carbons (Fsp3) is 0.412. The summed E-state index contributed by atoms with van der Waals surface area (Å²) in [7, 11) is 0. The predicted molar refractivity (Wildman–Crippen MR) is 86.4 cm³/mol. The summed E-state index contributed by atoms with van der Waals surface area (Å²) < 4.78 is 4.60. The summed E-state index contributed by atoms with van der Waals surface area (Å²) >= 11 is 0. The third kappa shape index (κ3) is 3.61. The summed E-state index contributed by atoms with van der Waals surface area (Å²) in [6, 6.07) is 6.81. The molecule has 0 saturated carbocycles. The molecule has 7 nitrogen and oxygen atoms in total. The lowest BCUT2D eigenvalue weighted by atomic mass is 10.1. The van der Waals surface area contributed by atoms with Crippen LogP contribution in [0.1, 0.15) is 51.4 Å². The van der Waals surface area contributed by atoms with Crippen LogP contribution >= 0.6 is 0 Å². The number of hydrogen-bond acceptors (Lipinski definition) is 5. The Morgan fingerprint density at radius 3 is 2.62 bits per heavy atom. The molecular weight excluding hydrogens is 308 g/mol. The van der Waals surface area contributed by atoms with E-state index < -0.39 is 0 Å². The molecule has 3 rings (SSSR count). The SMILES string of the molecule is Cc1nonc1CNC(=O)c1cccc(C(=O)N2CCCCC2)c1. The Kier molecular flexibility index (Phi) is 4.88. The highest BCUT2D eigenvalue weighted by Crippen LogP contribution is 2.14. The molecule has 0 bridgehead atoms. The Labute approximate surface area is 140 Å². The highest BCUT2D eigenvalue weighted by Gasteiger charge is 2.19. The van der Waals surface area contributed by atoms with Crippen molar-refractivity contribution in [2.24, 2.45) is 0 Å². The van der Waals surface area contributed by atoms with Gasteiger partial charge < -0.3 is 10.2 Å². The maximum absolute atomic E-state index is 12.5. The first-order valence-corrected chi connectivity index (χ1v) is 8.11. The average Bonchev–Trinajstić information content (AvgIpc) is 3.05. The van der Waals surface area contributed by atoms with Gasteiger partial charge in [0.2, 0.25) is 0 Å². The number of nitrogens with one attached hydrogen (secondary N) is 1. The molecule has 1 fully saturated rings. The van der Waals surface area contributed by atoms with Crippen molar-refractivity contribution in [3.05, 3.63) is 46.8 Å². The topological polar surface area (TPSA) is 88.3 Å². The minimum atomic E-state index is -0.259. The zero-order valence-electron chi connectivity index (χ0n) is 13.6. The molecule has 1 aliphatic heterocycles. The minimum Gasteiger partial charge on any atom is -0.346 e. The molecule has 2 aromatic rings. The molecule has 2 heterocycles. The van der Waals surface area contributed by atoms with Gasteiger partial charge in [-0.25, -0.2) is 4.63 Å². The summed E-state index contributed by atoms with van der Waals surface area (Å²) in [4.78, 5) is 26.7. The Balaban J connectivity index is 1.66. The van der Waals surface area contributed by atoms with E-state index in [9.17, 15) is 9.59 Å². The van der Waals surface area contributed by atoms with Gasteiger partial charge in [-0.05, 0) is 44.4 Å². The van der Waals surface area contributed by atoms with Gasteiger partial charge in [0, 0.05) is 24.2 Å². The summed E-state index contributed by atoms with van der Waals surface area (Å²) in [5, 5.41) is 10.2. The number of aromatic nitrogens is 2. The fourth-order valence-electron chi connectivity index (χ4n) is 2.75. The molecule has 1 aliphatic rings. The highest BCUT2D eigenvalue weighted by atomic mass is 16.6. The van der Waals surface area contributed by atoms with Gasteiger partial charge in [0.15, 0.2) is 0 Å². The molecule has 2 amide bonds. The van der Waals surface area contributed by atoms with E-state index in [1.165, 1.54) is 6.42 Å². The molecule has 1 saturated heterocycles. The number of piperidine rings is 1. The molecule has 126 valence electrons. The van der Waals surface area contributed by atoms with Gasteiger partial charge in [-0.15, -0.1) is 0 Å². The van der Waals surface area contributed by atoms with Crippen LogP contribution in [-0.4, -0.2) is 40.1 Å². The molecule has 7 heteroatoms. The van der Waals surface area contributed by atoms with Crippen molar-refractivity contribution < 1.29 is 14.2 Å². The number of carbonyl (C=O) groups excluding carboxylic acids is 2. The number of nitrogens with zero attached hydrogens (tertiary/aromatic N) is 3. The van der Waals surface area contributed by atoms with Gasteiger partial charge in [-0.3, -0.25) is 9.59 Å². The van der Waals surface area contributed by atoms with Gasteiger partial charge >= 0.3 is 0 Å². The summed E-state index contributed by atoms with van der Waals surface area (Å²) in [5.41, 5.74) is 2.23. The Morgan fingerprint density at radius 2 is 1.92 bits per heavy atom. The first kappa shape index (κ1) is 16.2. The Hall–Kier alpha value is -2.70. The lowest BCUT2D eigenvalue weighted by Crippen LogP contribution is -2.35. The Bertz CT molecular complexity index is 735. The second-order valence-corrected chi connectivity index (χ2v) is 5.91. The van der Waals surface area contributed by atoms with E-state index in [-0.39, 0.29) is 18.4 Å². The average molecular weight is 328 g/mol. The summed E-state index contributed by atoms with van der Waals surface area (Å²) in [6.07, 6.45) is 3.25. The van der Waals surface area contributed by atoms with E-state index in [4.69, 9.17) is 0 Å². The van der Waals surface area contributed by atoms with Crippen LogP contribution in [0.4, 0.5) is 0 Å². The number of benzene rings is 1. The van der Waals surface area contributed by atoms with Crippen molar-refractivity contribution in [3.8, 4) is 0 Å². The van der Waals surface area contributed by atoms with Gasteiger partial charge in [0.1, 0.15) is 11.4 Å². The number of rotatable bonds is 4. The van der Waals surface area contributed by atoms with Crippen LogP contribution in [0.25, 0.3) is 0 Å². The Morgan fingerprint density at radius 1 is 1.17 bits per heavy atom. The predicted octanol–water partition coefficient (Wildman–Crippen LogP) is 1.93. The molecule has 1 aromatic carbocycles. The second kappa shape index (κ2) is 7.25. The minimum absolute atomic E-state index is 0.0131. The molecule has 24 heavy (non-hydrogen) atoms. The fourth-order valence-corrected chi connectivity index (χ4v) is 2.75. The number of aryl methyl sites for hydroxylation is 1. The molecule has 0 aliphatic carbocycles. The van der Waals surface area contributed by atoms with Gasteiger partial charge in [-0.1, -0.05) is 16.4 Å². The monoisotopic (exact) mass is 328 g/mol. The summed E-state index contributed by atoms with van der Waals surface area (Å²) in [6.45, 7) is 3.57. The van der Waals surface area contributed by atoms with E-state index in [1.54, 1.807) is 31.2 Å². The molecule has 0 unspecified atom stereocenters. The van der Waals surface area contributed by atoms with Crippen molar-refractivity contribution in [2.45, 2.75) is 32.7 Å². The normalized spacial score (nSPS) is 14.5. The van der Waals surface area contributed by atoms with E-state index in [0.29, 0.717) is 22.5 Å². The third-order valence-electron chi connectivity index (χ3n) is 4.18. The quantitative estimate of drug-likeness (QED) is 0.926. The molecular formula is C17H20N4O3. The van der Waals surface area contributed by atoms with Crippen LogP contribution in [0.15, 0.2) is 28.9 Å². The number of hydrogen-bond donors (Lipinski definition) is 1. The lowest BCUT2D eigenvalue weighted by molar-refractivity contribution is 0.0724. The van der Waals surface area contributed by atoms with Crippen molar-refractivity contribution in [3.63, 3.8) is 0 Å². The molecule has 0 radical (unpaired) electrons. The summed E-state index contributed by atoms with van der Waals surface area (Å²) in [5.74, 6) is -0.272. The van der Waals surface area contributed by atoms with Crippen LogP contribution in [0.5, 0.6) is 0 Å². The third-order valence-corrected chi connectivity index (χ3v) is 4.18. The first-order chi connectivity index (χ1) is 11.6. The maximum Gasteiger partial charge on any atom is 0.253 e. The molecule has 0 spiro atoms. The zero-order valence-corrected chi connectivity index (χ0v) is 13.6. The van der Waals surface area contributed by atoms with E-state index >= 15 is 0 Å². The number of likely N-dealkylation sites (tertiary alicyclic amines) is 1. The van der Waals surface area contributed by atoms with Crippen molar-refractivity contribution in [1.82, 2.24) is 20.5 Å². The molecule has 1 aromatic heterocycles. The van der Waals surface area contributed by atoms with E-state index in [2.05, 4.69) is 20.3 Å². The van der Waals surface area contributed by atoms with Crippen LogP contribution in [0, 0.1) is 6.92 Å². The first-order valence-electron chi connectivity index (χ1n) is 8.11. The van der Waals surface area contributed by atoms with Crippen molar-refractivity contribution in [1.29, 1.82) is 0 Å². The molecule has 0 atom stereocenters. The van der Waals surface area contributed by atoms with Gasteiger partial charge in [0.25, 0.3) is 11.8 Å². The van der Waals surface area contributed by atoms with Crippen LogP contribution in [-0.2, 0) is 6.54 Å². The van der Waals surface area contributed by atoms with E-state index in [0.717, 1.165) is 25.9 Å². The van der Waals surface area contributed by atoms with Crippen molar-refractivity contribution in [2.75, 3.05) is 13.1 Å². The second-order valence-electron chi connectivity index (χ2n) is 5.91. The van der Waals surface area contributed by atoms with Crippen LogP contribution in [0.3, 0.4) is 0 Å². The zero-order chi connectivity index (χ0) is 16.9. The van der Waals surface area contributed by atoms with Gasteiger partial charge in [-0.2, -0.15) is 0 Å². The van der Waals surface area contributed by atoms with Crippen LogP contribution < -0.4 is 5.32 Å². The maximum atomic E-state index is 12.5. The van der Waals surface area contributed by atoms with E-state index in [1.807, 2.05) is 4.90 Å². The number of amides is 2. The smallest absolute Gasteiger partial charge is 0.253 e. The standard InChI is InChI=1S/C17H20N4O3/c1-12-15(20-24-19-12)11-18-16(22)13-6-5-7-14(10-13)17(23)21-8-3-2-4-9-21/h5-7,10H,2-4,8-9,11H2,1H3,(H,18,22). The van der Waals surface area contributed by atoms with Crippen molar-refractivity contribution >= 4 is 11.8 Å². The van der Waals surface area contributed by atoms with Gasteiger partial charge in [0.05, 0.1) is 6.54 Å². The van der Waals surface area contributed by atoms with Crippen LogP contribution in [0.2, 0.25) is 0 Å². The largest absolute Gasteiger partial charge is 0.346 e. The molecule has 1 N–H and O–H groups in total. The lowest BCUT2D eigenvalue weighted by Gasteiger charge is -2.26.